The van der Waals surface area contributed by atoms with Gasteiger partial charge in [0.15, 0.2) is 0 Å². The van der Waals surface area contributed by atoms with Gasteiger partial charge in [0.05, 0.1) is 5.69 Å². The normalized spacial score (nSPS) is 10.5. The molecule has 0 radical (unpaired) electrons. The quantitative estimate of drug-likeness (QED) is 0.756. The summed E-state index contributed by atoms with van der Waals surface area (Å²) in [5.74, 6) is 0.396. The van der Waals surface area contributed by atoms with Gasteiger partial charge in [-0.1, -0.05) is 13.8 Å². The van der Waals surface area contributed by atoms with Crippen LogP contribution < -0.4 is 0 Å². The molecule has 72 valence electrons. The summed E-state index contributed by atoms with van der Waals surface area (Å²) in [5, 5.41) is 9.83. The molecule has 0 saturated heterocycles. The van der Waals surface area contributed by atoms with E-state index in [2.05, 4.69) is 11.9 Å². The molecule has 0 aliphatic rings. The molecule has 1 heterocycles. The van der Waals surface area contributed by atoms with E-state index in [1.807, 2.05) is 20.8 Å². The number of rotatable bonds is 2. The molecule has 0 unspecified atom stereocenters. The van der Waals surface area contributed by atoms with Gasteiger partial charge in [0.2, 0.25) is 0 Å². The molecule has 0 spiro atoms. The van der Waals surface area contributed by atoms with Gasteiger partial charge in [-0.3, -0.25) is 4.98 Å². The maximum Gasteiger partial charge on any atom is 0.140 e. The first-order valence-electron chi connectivity index (χ1n) is 4.79. The summed E-state index contributed by atoms with van der Waals surface area (Å²) in [6.45, 7) is 8.07. The molecular weight excluding hydrogens is 162 g/mol. The zero-order valence-electron chi connectivity index (χ0n) is 8.81. The van der Waals surface area contributed by atoms with Crippen molar-refractivity contribution in [3.8, 4) is 5.75 Å². The Morgan fingerprint density at radius 1 is 1.15 bits per heavy atom. The highest BCUT2D eigenvalue weighted by molar-refractivity contribution is 5.43. The second-order valence-electron chi connectivity index (χ2n) is 3.30. The van der Waals surface area contributed by atoms with Gasteiger partial charge in [-0.05, 0) is 32.3 Å². The molecule has 1 aromatic rings. The van der Waals surface area contributed by atoms with Crippen LogP contribution in [0.25, 0.3) is 0 Å². The highest BCUT2D eigenvalue weighted by Gasteiger charge is 2.11. The SMILES string of the molecule is CCc1nc(C)c(C)c(CC)c1O. The van der Waals surface area contributed by atoms with Crippen LogP contribution in [0, 0.1) is 13.8 Å². The predicted molar refractivity (Wildman–Crippen MR) is 54.1 cm³/mol. The Morgan fingerprint density at radius 2 is 1.77 bits per heavy atom. The highest BCUT2D eigenvalue weighted by Crippen LogP contribution is 2.26. The number of hydrogen-bond acceptors (Lipinski definition) is 2. The van der Waals surface area contributed by atoms with Crippen molar-refractivity contribution in [1.29, 1.82) is 0 Å². The summed E-state index contributed by atoms with van der Waals surface area (Å²) in [5.41, 5.74) is 4.02. The third-order valence-electron chi connectivity index (χ3n) is 2.55. The van der Waals surface area contributed by atoms with Gasteiger partial charge in [-0.15, -0.1) is 0 Å². The van der Waals surface area contributed by atoms with E-state index in [1.54, 1.807) is 0 Å². The number of nitrogens with zero attached hydrogens (tertiary/aromatic N) is 1. The monoisotopic (exact) mass is 179 g/mol. The van der Waals surface area contributed by atoms with E-state index < -0.39 is 0 Å². The van der Waals surface area contributed by atoms with Crippen LogP contribution in [0.15, 0.2) is 0 Å². The van der Waals surface area contributed by atoms with Crippen LogP contribution in [0.4, 0.5) is 0 Å². The number of aromatic hydroxyl groups is 1. The molecule has 0 amide bonds. The van der Waals surface area contributed by atoms with Crippen molar-refractivity contribution in [3.05, 3.63) is 22.5 Å². The van der Waals surface area contributed by atoms with Gasteiger partial charge < -0.3 is 5.11 Å². The van der Waals surface area contributed by atoms with Gasteiger partial charge >= 0.3 is 0 Å². The van der Waals surface area contributed by atoms with Crippen LogP contribution in [-0.4, -0.2) is 10.1 Å². The zero-order chi connectivity index (χ0) is 10.0. The summed E-state index contributed by atoms with van der Waals surface area (Å²) < 4.78 is 0. The Labute approximate surface area is 79.6 Å². The molecule has 1 N–H and O–H groups in total. The molecule has 2 nitrogen and oxygen atoms in total. The Kier molecular flexibility index (Phi) is 2.91. The molecule has 0 aliphatic heterocycles. The molecule has 0 bridgehead atoms. The maximum atomic E-state index is 9.83. The van der Waals surface area contributed by atoms with Crippen molar-refractivity contribution in [2.45, 2.75) is 40.5 Å². The third-order valence-corrected chi connectivity index (χ3v) is 2.55. The number of aromatic nitrogens is 1. The lowest BCUT2D eigenvalue weighted by Crippen LogP contribution is -2.00. The Bertz CT molecular complexity index is 318. The first-order chi connectivity index (χ1) is 6.11. The molecule has 0 fully saturated rings. The Morgan fingerprint density at radius 3 is 2.23 bits per heavy atom. The molecule has 0 saturated carbocycles. The van der Waals surface area contributed by atoms with Crippen molar-refractivity contribution < 1.29 is 5.11 Å². The standard InChI is InChI=1S/C11H17NO/c1-5-9-7(3)8(4)12-10(6-2)11(9)13/h13H,5-6H2,1-4H3. The smallest absolute Gasteiger partial charge is 0.140 e. The highest BCUT2D eigenvalue weighted by atomic mass is 16.3. The van der Waals surface area contributed by atoms with Crippen molar-refractivity contribution in [2.24, 2.45) is 0 Å². The van der Waals surface area contributed by atoms with E-state index >= 15 is 0 Å². The van der Waals surface area contributed by atoms with E-state index in [0.717, 1.165) is 35.4 Å². The van der Waals surface area contributed by atoms with E-state index in [-0.39, 0.29) is 0 Å². The van der Waals surface area contributed by atoms with Crippen molar-refractivity contribution >= 4 is 0 Å². The van der Waals surface area contributed by atoms with Crippen molar-refractivity contribution in [3.63, 3.8) is 0 Å². The average Bonchev–Trinajstić information content (AvgIpc) is 2.12. The predicted octanol–water partition coefficient (Wildman–Crippen LogP) is 2.53. The summed E-state index contributed by atoms with van der Waals surface area (Å²) in [4.78, 5) is 4.35. The molecule has 0 aliphatic carbocycles. The molecule has 0 atom stereocenters. The Balaban J connectivity index is 3.39. The van der Waals surface area contributed by atoms with Crippen LogP contribution >= 0.6 is 0 Å². The third kappa shape index (κ3) is 1.67. The van der Waals surface area contributed by atoms with Crippen LogP contribution in [0.3, 0.4) is 0 Å². The summed E-state index contributed by atoms with van der Waals surface area (Å²) >= 11 is 0. The van der Waals surface area contributed by atoms with Crippen LogP contribution in [0.2, 0.25) is 0 Å². The molecule has 0 aromatic carbocycles. The van der Waals surface area contributed by atoms with Gasteiger partial charge in [0.25, 0.3) is 0 Å². The van der Waals surface area contributed by atoms with E-state index in [0.29, 0.717) is 5.75 Å². The number of aryl methyl sites for hydroxylation is 2. The lowest BCUT2D eigenvalue weighted by molar-refractivity contribution is 0.457. The summed E-state index contributed by atoms with van der Waals surface area (Å²) in [7, 11) is 0. The molecule has 1 rings (SSSR count). The second-order valence-corrected chi connectivity index (χ2v) is 3.30. The van der Waals surface area contributed by atoms with E-state index in [1.165, 1.54) is 0 Å². The van der Waals surface area contributed by atoms with Gasteiger partial charge in [0, 0.05) is 11.3 Å². The van der Waals surface area contributed by atoms with Crippen LogP contribution in [0.5, 0.6) is 5.75 Å². The zero-order valence-corrected chi connectivity index (χ0v) is 8.81. The van der Waals surface area contributed by atoms with Crippen molar-refractivity contribution in [2.75, 3.05) is 0 Å². The van der Waals surface area contributed by atoms with Gasteiger partial charge in [-0.2, -0.15) is 0 Å². The first kappa shape index (κ1) is 10.0. The van der Waals surface area contributed by atoms with Gasteiger partial charge in [0.1, 0.15) is 5.75 Å². The molecule has 2 heteroatoms. The minimum Gasteiger partial charge on any atom is -0.506 e. The first-order valence-corrected chi connectivity index (χ1v) is 4.79. The van der Waals surface area contributed by atoms with Crippen molar-refractivity contribution in [1.82, 2.24) is 4.98 Å². The molecule has 1 aromatic heterocycles. The molecule has 13 heavy (non-hydrogen) atoms. The minimum atomic E-state index is 0.396. The van der Waals surface area contributed by atoms with E-state index in [9.17, 15) is 5.11 Å². The topological polar surface area (TPSA) is 33.1 Å². The van der Waals surface area contributed by atoms with Gasteiger partial charge in [-0.25, -0.2) is 0 Å². The van der Waals surface area contributed by atoms with Crippen LogP contribution in [0.1, 0.15) is 36.4 Å². The molecular formula is C11H17NO. The fourth-order valence-electron chi connectivity index (χ4n) is 1.59. The number of hydrogen-bond donors (Lipinski definition) is 1. The average molecular weight is 179 g/mol. The Hall–Kier alpha value is -1.05. The maximum absolute atomic E-state index is 9.83. The van der Waals surface area contributed by atoms with Crippen LogP contribution in [-0.2, 0) is 12.8 Å². The lowest BCUT2D eigenvalue weighted by Gasteiger charge is -2.11. The van der Waals surface area contributed by atoms with E-state index in [4.69, 9.17) is 0 Å². The summed E-state index contributed by atoms with van der Waals surface area (Å²) in [6, 6.07) is 0. The fraction of sp³-hybridized carbons (Fsp3) is 0.545. The minimum absolute atomic E-state index is 0.396. The summed E-state index contributed by atoms with van der Waals surface area (Å²) in [6.07, 6.45) is 1.66. The number of pyridine rings is 1. The second kappa shape index (κ2) is 3.77. The largest absolute Gasteiger partial charge is 0.506 e. The lowest BCUT2D eigenvalue weighted by atomic mass is 10.0. The fourth-order valence-corrected chi connectivity index (χ4v) is 1.59.